The van der Waals surface area contributed by atoms with Crippen LogP contribution in [-0.4, -0.2) is 92.8 Å². The third-order valence-corrected chi connectivity index (χ3v) is 6.18. The molecule has 0 bridgehead atoms. The van der Waals surface area contributed by atoms with Crippen molar-refractivity contribution < 1.29 is 33.6 Å². The Kier molecular flexibility index (Phi) is 11.7. The number of nitrogens with zero attached hydrogens (tertiary/aromatic N) is 2. The zero-order valence-electron chi connectivity index (χ0n) is 19.0. The Morgan fingerprint density at radius 1 is 1.09 bits per heavy atom. The lowest BCUT2D eigenvalue weighted by atomic mass is 10.1. The van der Waals surface area contributed by atoms with Gasteiger partial charge in [0.2, 0.25) is 41.4 Å². The molecule has 0 aromatic carbocycles. The molecule has 0 spiro atoms. The number of rotatable bonds is 12. The summed E-state index contributed by atoms with van der Waals surface area (Å²) in [5.74, 6) is -4.61. The Morgan fingerprint density at radius 3 is 2.18 bits per heavy atom. The van der Waals surface area contributed by atoms with Crippen molar-refractivity contribution in [3.05, 3.63) is 0 Å². The Bertz CT molecular complexity index is 857. The van der Waals surface area contributed by atoms with E-state index in [4.69, 9.17) is 5.73 Å². The van der Waals surface area contributed by atoms with E-state index in [0.29, 0.717) is 0 Å². The highest BCUT2D eigenvalue weighted by Gasteiger charge is 2.40. The van der Waals surface area contributed by atoms with Crippen molar-refractivity contribution in [1.29, 1.82) is 0 Å². The summed E-state index contributed by atoms with van der Waals surface area (Å²) in [6, 6.07) is -3.42. The fraction of sp³-hybridized carbons (Fsp3) is 0.611. The van der Waals surface area contributed by atoms with Gasteiger partial charge >= 0.3 is 0 Å². The molecule has 1 unspecified atom stereocenters. The standard InChI is InChI=1S/C18H28IN7O7S/c1-8(22-13(28)7-26-14(29)6-11(18(26)33)34-25(4)19)15(30)23-9(2)16(31)24-10(5-12(20)27)17(32)21-3/h8-11H,5-7H2,1-4H3,(H2,20,27)(H,21,32)(H,22,28)(H,23,30)(H,24,31)/t8-,9-,10-,11?/m0/s1. The van der Waals surface area contributed by atoms with Crippen LogP contribution in [0.25, 0.3) is 0 Å². The number of hydrogen-bond donors (Lipinski definition) is 5. The lowest BCUT2D eigenvalue weighted by Gasteiger charge is -2.22. The third kappa shape index (κ3) is 9.05. The maximum Gasteiger partial charge on any atom is 0.244 e. The van der Waals surface area contributed by atoms with E-state index in [1.807, 2.05) is 22.9 Å². The van der Waals surface area contributed by atoms with Crippen LogP contribution in [0.3, 0.4) is 0 Å². The zero-order valence-corrected chi connectivity index (χ0v) is 22.0. The summed E-state index contributed by atoms with van der Waals surface area (Å²) in [5, 5.41) is 8.73. The zero-order chi connectivity index (χ0) is 26.2. The van der Waals surface area contributed by atoms with Crippen LogP contribution in [-0.2, 0) is 33.6 Å². The van der Waals surface area contributed by atoms with Gasteiger partial charge in [0.05, 0.1) is 6.42 Å². The van der Waals surface area contributed by atoms with Crippen LogP contribution in [0.2, 0.25) is 0 Å². The highest BCUT2D eigenvalue weighted by atomic mass is 127. The van der Waals surface area contributed by atoms with Gasteiger partial charge in [-0.1, -0.05) is 11.9 Å². The fourth-order valence-electron chi connectivity index (χ4n) is 2.86. The minimum absolute atomic E-state index is 0.0282. The first-order chi connectivity index (χ1) is 15.8. The first-order valence-corrected chi connectivity index (χ1v) is 11.9. The number of hydrogen-bond acceptors (Lipinski definition) is 9. The van der Waals surface area contributed by atoms with Crippen molar-refractivity contribution in [2.24, 2.45) is 5.73 Å². The average Bonchev–Trinajstić information content (AvgIpc) is 2.98. The van der Waals surface area contributed by atoms with Gasteiger partial charge in [0, 0.05) is 43.4 Å². The average molecular weight is 613 g/mol. The molecule has 16 heteroatoms. The molecule has 1 aliphatic rings. The molecule has 4 atom stereocenters. The molecule has 7 amide bonds. The molecule has 0 aromatic rings. The summed E-state index contributed by atoms with van der Waals surface area (Å²) in [6.45, 7) is 2.17. The Hall–Kier alpha value is -2.47. The van der Waals surface area contributed by atoms with Crippen LogP contribution in [0.1, 0.15) is 26.7 Å². The minimum Gasteiger partial charge on any atom is -0.370 e. The molecule has 0 radical (unpaired) electrons. The van der Waals surface area contributed by atoms with E-state index in [-0.39, 0.29) is 6.42 Å². The quantitative estimate of drug-likeness (QED) is 0.0666. The van der Waals surface area contributed by atoms with Gasteiger partial charge in [-0.25, -0.2) is 0 Å². The number of imide groups is 1. The Morgan fingerprint density at radius 2 is 1.65 bits per heavy atom. The molecule has 1 rings (SSSR count). The molecule has 1 fully saturated rings. The number of nitrogens with two attached hydrogens (primary N) is 1. The van der Waals surface area contributed by atoms with E-state index in [1.165, 1.54) is 32.8 Å². The number of likely N-dealkylation sites (tertiary alicyclic amines) is 1. The van der Waals surface area contributed by atoms with Gasteiger partial charge in [-0.3, -0.25) is 38.5 Å². The second-order valence-electron chi connectivity index (χ2n) is 7.40. The van der Waals surface area contributed by atoms with Crippen LogP contribution in [0, 0.1) is 0 Å². The minimum atomic E-state index is -1.21. The second-order valence-corrected chi connectivity index (χ2v) is 10.8. The number of carbonyl (C=O) groups excluding carboxylic acids is 7. The lowest BCUT2D eigenvalue weighted by molar-refractivity contribution is -0.142. The van der Waals surface area contributed by atoms with Crippen LogP contribution >= 0.6 is 34.8 Å². The molecule has 34 heavy (non-hydrogen) atoms. The molecule has 0 aromatic heterocycles. The summed E-state index contributed by atoms with van der Waals surface area (Å²) in [4.78, 5) is 85.1. The number of halogens is 1. The number of nitrogens with one attached hydrogen (secondary N) is 4. The molecule has 1 saturated heterocycles. The van der Waals surface area contributed by atoms with Gasteiger partial charge in [-0.05, 0) is 13.8 Å². The van der Waals surface area contributed by atoms with E-state index >= 15 is 0 Å². The first-order valence-electron chi connectivity index (χ1n) is 10.1. The van der Waals surface area contributed by atoms with Gasteiger partial charge < -0.3 is 27.0 Å². The van der Waals surface area contributed by atoms with Crippen molar-refractivity contribution in [3.8, 4) is 0 Å². The molecule has 1 aliphatic heterocycles. The van der Waals surface area contributed by atoms with Gasteiger partial charge in [0.15, 0.2) is 0 Å². The summed E-state index contributed by atoms with van der Waals surface area (Å²) in [7, 11) is 3.04. The monoisotopic (exact) mass is 613 g/mol. The number of likely N-dealkylation sites (N-methyl/N-ethyl adjacent to an activating group) is 1. The number of carbonyl (C=O) groups is 7. The first kappa shape index (κ1) is 29.6. The Balaban J connectivity index is 2.60. The van der Waals surface area contributed by atoms with Gasteiger partial charge in [0.1, 0.15) is 29.9 Å². The molecule has 0 aliphatic carbocycles. The van der Waals surface area contributed by atoms with Crippen LogP contribution in [0.4, 0.5) is 0 Å². The van der Waals surface area contributed by atoms with Crippen LogP contribution in [0.15, 0.2) is 0 Å². The summed E-state index contributed by atoms with van der Waals surface area (Å²) >= 11 is 3.12. The van der Waals surface area contributed by atoms with Crippen molar-refractivity contribution >= 4 is 76.2 Å². The third-order valence-electron chi connectivity index (χ3n) is 4.58. The highest BCUT2D eigenvalue weighted by Crippen LogP contribution is 2.28. The van der Waals surface area contributed by atoms with Crippen LogP contribution < -0.4 is 27.0 Å². The molecule has 0 saturated carbocycles. The predicted molar refractivity (Wildman–Crippen MR) is 130 cm³/mol. The molecule has 190 valence electrons. The number of amides is 7. The van der Waals surface area contributed by atoms with Gasteiger partial charge in [-0.15, -0.1) is 0 Å². The molecule has 1 heterocycles. The van der Waals surface area contributed by atoms with Gasteiger partial charge in [-0.2, -0.15) is 2.52 Å². The largest absolute Gasteiger partial charge is 0.370 e. The predicted octanol–water partition coefficient (Wildman–Crippen LogP) is -2.84. The molecule has 6 N–H and O–H groups in total. The summed E-state index contributed by atoms with van der Waals surface area (Å²) in [6.07, 6.45) is -0.459. The molecular weight excluding hydrogens is 585 g/mol. The fourth-order valence-corrected chi connectivity index (χ4v) is 4.47. The number of primary amides is 1. The maximum atomic E-state index is 12.4. The highest BCUT2D eigenvalue weighted by molar-refractivity contribution is 14.1. The molecular formula is C18H28IN7O7S. The van der Waals surface area contributed by atoms with E-state index < -0.39 is 77.7 Å². The lowest BCUT2D eigenvalue weighted by Crippen LogP contribution is -2.56. The normalized spacial score (nSPS) is 18.2. The summed E-state index contributed by atoms with van der Waals surface area (Å²) in [5.41, 5.74) is 5.08. The second kappa shape index (κ2) is 13.4. The van der Waals surface area contributed by atoms with Gasteiger partial charge in [0.25, 0.3) is 0 Å². The molecule has 14 nitrogen and oxygen atoms in total. The topological polar surface area (TPSA) is 200 Å². The van der Waals surface area contributed by atoms with E-state index in [2.05, 4.69) is 21.3 Å². The van der Waals surface area contributed by atoms with E-state index in [0.717, 1.165) is 4.90 Å². The van der Waals surface area contributed by atoms with Crippen molar-refractivity contribution in [3.63, 3.8) is 0 Å². The smallest absolute Gasteiger partial charge is 0.244 e. The SMILES string of the molecule is CNC(=O)[C@H](CC(N)=O)NC(=O)[C@H](C)NC(=O)[C@H](C)NC(=O)CN1C(=O)CC(SN(C)I)C1=O. The van der Waals surface area contributed by atoms with Crippen molar-refractivity contribution in [1.82, 2.24) is 28.7 Å². The van der Waals surface area contributed by atoms with E-state index in [9.17, 15) is 33.6 Å². The summed E-state index contributed by atoms with van der Waals surface area (Å²) < 4.78 is 1.66. The van der Waals surface area contributed by atoms with Crippen molar-refractivity contribution in [2.75, 3.05) is 20.6 Å². The maximum absolute atomic E-state index is 12.4. The van der Waals surface area contributed by atoms with Crippen molar-refractivity contribution in [2.45, 2.75) is 50.1 Å². The Labute approximate surface area is 214 Å². The van der Waals surface area contributed by atoms with E-state index in [1.54, 1.807) is 9.57 Å². The van der Waals surface area contributed by atoms with Crippen LogP contribution in [0.5, 0.6) is 0 Å².